The molecule has 1 aliphatic rings. The molecule has 2 heteroatoms. The number of anilines is 1. The highest BCUT2D eigenvalue weighted by Gasteiger charge is 2.15. The minimum atomic E-state index is 0.821. The van der Waals surface area contributed by atoms with E-state index in [0.29, 0.717) is 0 Å². The van der Waals surface area contributed by atoms with Crippen molar-refractivity contribution in [3.63, 3.8) is 0 Å². The molecule has 1 aliphatic heterocycles. The number of nitrogens with zero attached hydrogens (tertiary/aromatic N) is 2. The molecule has 0 bridgehead atoms. The van der Waals surface area contributed by atoms with Gasteiger partial charge in [-0.3, -0.25) is 0 Å². The van der Waals surface area contributed by atoms with Crippen molar-refractivity contribution in [1.82, 2.24) is 0 Å². The zero-order valence-electron chi connectivity index (χ0n) is 9.87. The summed E-state index contributed by atoms with van der Waals surface area (Å²) in [5.41, 5.74) is 3.20. The maximum absolute atomic E-state index is 9.17. The second-order valence-corrected chi connectivity index (χ2v) is 4.48. The van der Waals surface area contributed by atoms with Gasteiger partial charge in [0.25, 0.3) is 0 Å². The molecule has 0 unspecified atom stereocenters. The minimum Gasteiger partial charge on any atom is -0.370 e. The Morgan fingerprint density at radius 3 is 2.44 bits per heavy atom. The van der Waals surface area contributed by atoms with Crippen molar-refractivity contribution in [1.29, 1.82) is 5.26 Å². The first-order valence-electron chi connectivity index (χ1n) is 6.07. The third kappa shape index (κ3) is 2.19. The van der Waals surface area contributed by atoms with Crippen molar-refractivity contribution in [2.24, 2.45) is 0 Å². The standard InChI is InChI=1S/C14H18N2/c1-12-7-6-8-13(11-15)14(12)16-9-4-2-3-5-10-16/h6-8H,2-5,9-10H2,1H3. The van der Waals surface area contributed by atoms with Crippen LogP contribution in [0.3, 0.4) is 0 Å². The molecular formula is C14H18N2. The Balaban J connectivity index is 2.34. The van der Waals surface area contributed by atoms with Gasteiger partial charge in [-0.05, 0) is 31.4 Å². The molecule has 0 N–H and O–H groups in total. The topological polar surface area (TPSA) is 27.0 Å². The molecule has 1 fully saturated rings. The predicted octanol–water partition coefficient (Wildman–Crippen LogP) is 3.25. The Bertz CT molecular complexity index is 396. The van der Waals surface area contributed by atoms with Crippen LogP contribution in [0.4, 0.5) is 5.69 Å². The molecule has 0 saturated carbocycles. The van der Waals surface area contributed by atoms with Gasteiger partial charge >= 0.3 is 0 Å². The van der Waals surface area contributed by atoms with Gasteiger partial charge in [-0.1, -0.05) is 25.0 Å². The molecule has 2 rings (SSSR count). The van der Waals surface area contributed by atoms with E-state index < -0.39 is 0 Å². The number of rotatable bonds is 1. The smallest absolute Gasteiger partial charge is 0.101 e. The first kappa shape index (κ1) is 11.0. The van der Waals surface area contributed by atoms with Crippen molar-refractivity contribution < 1.29 is 0 Å². The summed E-state index contributed by atoms with van der Waals surface area (Å²) >= 11 is 0. The Hall–Kier alpha value is -1.49. The van der Waals surface area contributed by atoms with Gasteiger partial charge < -0.3 is 4.90 Å². The van der Waals surface area contributed by atoms with Crippen LogP contribution in [0.1, 0.15) is 36.8 Å². The average Bonchev–Trinajstić information content (AvgIpc) is 2.57. The fourth-order valence-corrected chi connectivity index (χ4v) is 2.46. The SMILES string of the molecule is Cc1cccc(C#N)c1N1CCCCCC1. The number of aryl methyl sites for hydroxylation is 1. The predicted molar refractivity (Wildman–Crippen MR) is 66.6 cm³/mol. The van der Waals surface area contributed by atoms with Gasteiger partial charge in [0.2, 0.25) is 0 Å². The highest BCUT2D eigenvalue weighted by atomic mass is 15.1. The fraction of sp³-hybridized carbons (Fsp3) is 0.500. The first-order chi connectivity index (χ1) is 7.83. The third-order valence-electron chi connectivity index (χ3n) is 3.28. The molecule has 84 valence electrons. The van der Waals surface area contributed by atoms with E-state index in [1.807, 2.05) is 12.1 Å². The van der Waals surface area contributed by atoms with E-state index in [1.54, 1.807) is 0 Å². The molecule has 1 aromatic carbocycles. The lowest BCUT2D eigenvalue weighted by Crippen LogP contribution is -2.25. The monoisotopic (exact) mass is 214 g/mol. The highest BCUT2D eigenvalue weighted by Crippen LogP contribution is 2.26. The van der Waals surface area contributed by atoms with Gasteiger partial charge in [-0.25, -0.2) is 0 Å². The quantitative estimate of drug-likeness (QED) is 0.717. The molecule has 0 radical (unpaired) electrons. The van der Waals surface area contributed by atoms with Gasteiger partial charge in [0.05, 0.1) is 11.3 Å². The lowest BCUT2D eigenvalue weighted by molar-refractivity contribution is 0.726. The van der Waals surface area contributed by atoms with Gasteiger partial charge in [0.1, 0.15) is 6.07 Å². The van der Waals surface area contributed by atoms with Crippen LogP contribution in [0.2, 0.25) is 0 Å². The van der Waals surface area contributed by atoms with Gasteiger partial charge in [-0.2, -0.15) is 5.26 Å². The largest absolute Gasteiger partial charge is 0.370 e. The summed E-state index contributed by atoms with van der Waals surface area (Å²) in [7, 11) is 0. The number of para-hydroxylation sites is 1. The minimum absolute atomic E-state index is 0.821. The molecule has 1 heterocycles. The normalized spacial score (nSPS) is 16.6. The first-order valence-corrected chi connectivity index (χ1v) is 6.07. The molecule has 0 amide bonds. The molecule has 0 spiro atoms. The van der Waals surface area contributed by atoms with Crippen molar-refractivity contribution in [2.75, 3.05) is 18.0 Å². The summed E-state index contributed by atoms with van der Waals surface area (Å²) in [6.45, 7) is 4.29. The Labute approximate surface area is 97.5 Å². The zero-order valence-corrected chi connectivity index (χ0v) is 9.87. The number of hydrogen-bond donors (Lipinski definition) is 0. The van der Waals surface area contributed by atoms with Crippen LogP contribution >= 0.6 is 0 Å². The van der Waals surface area contributed by atoms with Gasteiger partial charge in [0, 0.05) is 13.1 Å². The number of nitriles is 1. The highest BCUT2D eigenvalue weighted by molar-refractivity contribution is 5.64. The van der Waals surface area contributed by atoms with Crippen molar-refractivity contribution >= 4 is 5.69 Å². The number of hydrogen-bond acceptors (Lipinski definition) is 2. The second kappa shape index (κ2) is 5.03. The van der Waals surface area contributed by atoms with Crippen LogP contribution in [0.25, 0.3) is 0 Å². The van der Waals surface area contributed by atoms with E-state index in [0.717, 1.165) is 24.3 Å². The Morgan fingerprint density at radius 1 is 1.12 bits per heavy atom. The maximum Gasteiger partial charge on any atom is 0.101 e. The van der Waals surface area contributed by atoms with Crippen LogP contribution < -0.4 is 4.90 Å². The van der Waals surface area contributed by atoms with E-state index in [-0.39, 0.29) is 0 Å². The summed E-state index contributed by atoms with van der Waals surface area (Å²) in [5, 5.41) is 9.17. The van der Waals surface area contributed by atoms with Crippen LogP contribution in [0.5, 0.6) is 0 Å². The molecular weight excluding hydrogens is 196 g/mol. The van der Waals surface area contributed by atoms with E-state index in [4.69, 9.17) is 5.26 Å². The fourth-order valence-electron chi connectivity index (χ4n) is 2.46. The Morgan fingerprint density at radius 2 is 1.81 bits per heavy atom. The average molecular weight is 214 g/mol. The van der Waals surface area contributed by atoms with Crippen LogP contribution in [0.15, 0.2) is 18.2 Å². The second-order valence-electron chi connectivity index (χ2n) is 4.48. The molecule has 0 aliphatic carbocycles. The zero-order chi connectivity index (χ0) is 11.4. The molecule has 2 nitrogen and oxygen atoms in total. The van der Waals surface area contributed by atoms with Gasteiger partial charge in [0.15, 0.2) is 0 Å². The molecule has 16 heavy (non-hydrogen) atoms. The summed E-state index contributed by atoms with van der Waals surface area (Å²) < 4.78 is 0. The lowest BCUT2D eigenvalue weighted by Gasteiger charge is -2.25. The van der Waals surface area contributed by atoms with E-state index >= 15 is 0 Å². The van der Waals surface area contributed by atoms with Crippen molar-refractivity contribution in [3.8, 4) is 6.07 Å². The summed E-state index contributed by atoms with van der Waals surface area (Å²) in [4.78, 5) is 2.39. The lowest BCUT2D eigenvalue weighted by atomic mass is 10.1. The van der Waals surface area contributed by atoms with Crippen LogP contribution in [-0.2, 0) is 0 Å². The number of benzene rings is 1. The molecule has 0 atom stereocenters. The van der Waals surface area contributed by atoms with E-state index in [2.05, 4.69) is 24.0 Å². The van der Waals surface area contributed by atoms with Crippen LogP contribution in [0, 0.1) is 18.3 Å². The molecule has 1 saturated heterocycles. The molecule has 0 aromatic heterocycles. The van der Waals surface area contributed by atoms with E-state index in [1.165, 1.54) is 31.2 Å². The summed E-state index contributed by atoms with van der Waals surface area (Å²) in [6.07, 6.45) is 5.15. The Kier molecular flexibility index (Phi) is 3.46. The van der Waals surface area contributed by atoms with Crippen LogP contribution in [-0.4, -0.2) is 13.1 Å². The summed E-state index contributed by atoms with van der Waals surface area (Å²) in [5.74, 6) is 0. The van der Waals surface area contributed by atoms with Gasteiger partial charge in [-0.15, -0.1) is 0 Å². The molecule has 1 aromatic rings. The van der Waals surface area contributed by atoms with E-state index in [9.17, 15) is 0 Å². The van der Waals surface area contributed by atoms with Crippen molar-refractivity contribution in [2.45, 2.75) is 32.6 Å². The van der Waals surface area contributed by atoms with Crippen molar-refractivity contribution in [3.05, 3.63) is 29.3 Å². The maximum atomic E-state index is 9.17. The third-order valence-corrected chi connectivity index (χ3v) is 3.28. The summed E-state index contributed by atoms with van der Waals surface area (Å²) in [6, 6.07) is 8.30.